The van der Waals surface area contributed by atoms with Crippen molar-refractivity contribution in [1.29, 1.82) is 0 Å². The minimum atomic E-state index is 0.822. The summed E-state index contributed by atoms with van der Waals surface area (Å²) in [4.78, 5) is 0. The Kier molecular flexibility index (Phi) is 2.30. The summed E-state index contributed by atoms with van der Waals surface area (Å²) in [5.74, 6) is 0. The molecular weight excluding hydrogens is 100 g/mol. The predicted octanol–water partition coefficient (Wildman–Crippen LogP) is -0.0422. The minimum Gasteiger partial charge on any atom is -0.320 e. The summed E-state index contributed by atoms with van der Waals surface area (Å²) in [6.07, 6.45) is 2.66. The summed E-state index contributed by atoms with van der Waals surface area (Å²) < 4.78 is 0. The first kappa shape index (κ1) is 6.05. The van der Waals surface area contributed by atoms with Crippen molar-refractivity contribution in [2.45, 2.75) is 18.9 Å². The monoisotopic (exact) mass is 114 g/mol. The van der Waals surface area contributed by atoms with E-state index in [2.05, 4.69) is 10.6 Å². The third kappa shape index (κ3) is 1.46. The lowest BCUT2D eigenvalue weighted by atomic mass is 10.0. The molecule has 0 aromatic carbocycles. The smallest absolute Gasteiger partial charge is 0.00912 e. The first-order valence-corrected chi connectivity index (χ1v) is 3.31. The van der Waals surface area contributed by atoms with Gasteiger partial charge in [-0.1, -0.05) is 0 Å². The Balaban J connectivity index is 1.86. The van der Waals surface area contributed by atoms with Gasteiger partial charge in [-0.05, 0) is 33.0 Å². The van der Waals surface area contributed by atoms with Gasteiger partial charge >= 0.3 is 0 Å². The highest BCUT2D eigenvalue weighted by Crippen LogP contribution is 2.04. The van der Waals surface area contributed by atoms with E-state index in [1.807, 2.05) is 7.05 Å². The second-order valence-corrected chi connectivity index (χ2v) is 2.33. The Morgan fingerprint density at radius 2 is 2.50 bits per heavy atom. The fourth-order valence-electron chi connectivity index (χ4n) is 0.913. The summed E-state index contributed by atoms with van der Waals surface area (Å²) in [7, 11) is 2.00. The molecule has 0 bridgehead atoms. The topological polar surface area (TPSA) is 24.1 Å². The standard InChI is InChI=1S/C6H14N2/c1-7-4-2-6-3-5-8-6/h6-8H,2-5H2,1H3/t6-/m1/s1. The van der Waals surface area contributed by atoms with Gasteiger partial charge in [-0.2, -0.15) is 0 Å². The molecule has 48 valence electrons. The summed E-state index contributed by atoms with van der Waals surface area (Å²) >= 11 is 0. The average molecular weight is 114 g/mol. The van der Waals surface area contributed by atoms with Crippen molar-refractivity contribution in [2.75, 3.05) is 20.1 Å². The van der Waals surface area contributed by atoms with E-state index in [0.717, 1.165) is 12.6 Å². The normalized spacial score (nSPS) is 27.4. The highest BCUT2D eigenvalue weighted by Gasteiger charge is 2.14. The van der Waals surface area contributed by atoms with Crippen LogP contribution < -0.4 is 10.6 Å². The van der Waals surface area contributed by atoms with E-state index < -0.39 is 0 Å². The Morgan fingerprint density at radius 1 is 1.75 bits per heavy atom. The van der Waals surface area contributed by atoms with Crippen LogP contribution in [0.4, 0.5) is 0 Å². The zero-order valence-corrected chi connectivity index (χ0v) is 5.41. The van der Waals surface area contributed by atoms with E-state index in [-0.39, 0.29) is 0 Å². The molecule has 0 saturated carbocycles. The molecule has 2 nitrogen and oxygen atoms in total. The molecule has 2 N–H and O–H groups in total. The van der Waals surface area contributed by atoms with Crippen LogP contribution in [0.5, 0.6) is 0 Å². The van der Waals surface area contributed by atoms with Crippen molar-refractivity contribution in [1.82, 2.24) is 10.6 Å². The molecule has 1 aliphatic heterocycles. The van der Waals surface area contributed by atoms with Gasteiger partial charge in [0.2, 0.25) is 0 Å². The molecule has 1 aliphatic rings. The van der Waals surface area contributed by atoms with Gasteiger partial charge in [0.25, 0.3) is 0 Å². The van der Waals surface area contributed by atoms with E-state index in [4.69, 9.17) is 0 Å². The summed E-state index contributed by atoms with van der Waals surface area (Å²) in [6, 6.07) is 0.822. The van der Waals surface area contributed by atoms with Gasteiger partial charge in [-0.15, -0.1) is 0 Å². The van der Waals surface area contributed by atoms with Gasteiger partial charge < -0.3 is 10.6 Å². The van der Waals surface area contributed by atoms with E-state index >= 15 is 0 Å². The largest absolute Gasteiger partial charge is 0.320 e. The number of rotatable bonds is 3. The third-order valence-electron chi connectivity index (χ3n) is 1.67. The van der Waals surface area contributed by atoms with Gasteiger partial charge in [0.15, 0.2) is 0 Å². The van der Waals surface area contributed by atoms with E-state index in [9.17, 15) is 0 Å². The maximum atomic E-state index is 3.34. The first-order chi connectivity index (χ1) is 3.93. The van der Waals surface area contributed by atoms with Crippen LogP contribution in [0.1, 0.15) is 12.8 Å². The Morgan fingerprint density at radius 3 is 2.88 bits per heavy atom. The molecular formula is C6H14N2. The second-order valence-electron chi connectivity index (χ2n) is 2.33. The molecule has 1 atom stereocenters. The molecule has 1 heterocycles. The van der Waals surface area contributed by atoms with Crippen LogP contribution in [0.3, 0.4) is 0 Å². The van der Waals surface area contributed by atoms with Gasteiger partial charge in [-0.25, -0.2) is 0 Å². The SMILES string of the molecule is CNCC[C@@H]1CCN1. The molecule has 8 heavy (non-hydrogen) atoms. The Hall–Kier alpha value is -0.0800. The Labute approximate surface area is 50.7 Å². The quantitative estimate of drug-likeness (QED) is 0.538. The highest BCUT2D eigenvalue weighted by molar-refractivity contribution is 4.77. The molecule has 0 aliphatic carbocycles. The van der Waals surface area contributed by atoms with E-state index in [1.54, 1.807) is 0 Å². The third-order valence-corrected chi connectivity index (χ3v) is 1.67. The van der Waals surface area contributed by atoms with Crippen LogP contribution >= 0.6 is 0 Å². The van der Waals surface area contributed by atoms with E-state index in [0.29, 0.717) is 0 Å². The molecule has 0 spiro atoms. The van der Waals surface area contributed by atoms with Crippen LogP contribution in [0.25, 0.3) is 0 Å². The average Bonchev–Trinajstić information content (AvgIpc) is 1.63. The fourth-order valence-corrected chi connectivity index (χ4v) is 0.913. The zero-order valence-electron chi connectivity index (χ0n) is 5.41. The zero-order chi connectivity index (χ0) is 5.82. The second kappa shape index (κ2) is 3.05. The summed E-state index contributed by atoms with van der Waals surface area (Å²) in [5.41, 5.74) is 0. The molecule has 0 amide bonds. The van der Waals surface area contributed by atoms with Crippen molar-refractivity contribution in [2.24, 2.45) is 0 Å². The summed E-state index contributed by atoms with van der Waals surface area (Å²) in [6.45, 7) is 2.38. The summed E-state index contributed by atoms with van der Waals surface area (Å²) in [5, 5.41) is 6.47. The molecule has 0 aromatic heterocycles. The predicted molar refractivity (Wildman–Crippen MR) is 35.0 cm³/mol. The van der Waals surface area contributed by atoms with Crippen molar-refractivity contribution < 1.29 is 0 Å². The highest BCUT2D eigenvalue weighted by atomic mass is 15.0. The van der Waals surface area contributed by atoms with Crippen LogP contribution in [0, 0.1) is 0 Å². The molecule has 2 heteroatoms. The maximum absolute atomic E-state index is 3.34. The molecule has 1 rings (SSSR count). The maximum Gasteiger partial charge on any atom is 0.00912 e. The molecule has 0 aromatic rings. The Bertz CT molecular complexity index is 59.5. The van der Waals surface area contributed by atoms with Crippen molar-refractivity contribution >= 4 is 0 Å². The number of hydrogen-bond donors (Lipinski definition) is 2. The lowest BCUT2D eigenvalue weighted by Gasteiger charge is -2.27. The fraction of sp³-hybridized carbons (Fsp3) is 1.00. The molecule has 0 radical (unpaired) electrons. The van der Waals surface area contributed by atoms with Crippen LogP contribution in [0.15, 0.2) is 0 Å². The lowest BCUT2D eigenvalue weighted by Crippen LogP contribution is -2.44. The van der Waals surface area contributed by atoms with Crippen molar-refractivity contribution in [3.8, 4) is 0 Å². The van der Waals surface area contributed by atoms with Crippen LogP contribution in [-0.4, -0.2) is 26.2 Å². The molecule has 1 fully saturated rings. The van der Waals surface area contributed by atoms with E-state index in [1.165, 1.54) is 19.4 Å². The first-order valence-electron chi connectivity index (χ1n) is 3.31. The van der Waals surface area contributed by atoms with Gasteiger partial charge in [0.05, 0.1) is 0 Å². The van der Waals surface area contributed by atoms with Gasteiger partial charge in [0, 0.05) is 6.04 Å². The number of hydrogen-bond acceptors (Lipinski definition) is 2. The molecule has 0 unspecified atom stereocenters. The van der Waals surface area contributed by atoms with Crippen LogP contribution in [-0.2, 0) is 0 Å². The number of nitrogens with one attached hydrogen (secondary N) is 2. The minimum absolute atomic E-state index is 0.822. The van der Waals surface area contributed by atoms with Crippen molar-refractivity contribution in [3.63, 3.8) is 0 Å². The van der Waals surface area contributed by atoms with Crippen molar-refractivity contribution in [3.05, 3.63) is 0 Å². The van der Waals surface area contributed by atoms with Gasteiger partial charge in [-0.3, -0.25) is 0 Å². The van der Waals surface area contributed by atoms with Crippen LogP contribution in [0.2, 0.25) is 0 Å². The van der Waals surface area contributed by atoms with Gasteiger partial charge in [0.1, 0.15) is 0 Å². The lowest BCUT2D eigenvalue weighted by molar-refractivity contribution is 0.348. The molecule has 1 saturated heterocycles.